The van der Waals surface area contributed by atoms with Crippen molar-refractivity contribution in [3.8, 4) is 33.9 Å². The second-order valence-electron chi connectivity index (χ2n) is 6.71. The maximum absolute atomic E-state index is 12.4. The Kier molecular flexibility index (Phi) is 4.62. The lowest BCUT2D eigenvalue weighted by molar-refractivity contribution is 1.07. The molecule has 0 atom stereocenters. The summed E-state index contributed by atoms with van der Waals surface area (Å²) in [6.07, 6.45) is 1.89. The Morgan fingerprint density at radius 3 is 2.47 bits per heavy atom. The molecule has 3 aromatic heterocycles. The largest absolute Gasteiger partial charge is 0.346 e. The molecule has 0 saturated carbocycles. The van der Waals surface area contributed by atoms with E-state index in [1.54, 1.807) is 12.1 Å². The van der Waals surface area contributed by atoms with Gasteiger partial charge in [-0.25, -0.2) is 9.78 Å². The molecule has 146 valence electrons. The highest BCUT2D eigenvalue weighted by atomic mass is 35.5. The van der Waals surface area contributed by atoms with Crippen LogP contribution in [0.25, 0.3) is 39.5 Å². The van der Waals surface area contributed by atoms with Crippen molar-refractivity contribution in [2.45, 2.75) is 0 Å². The average molecular weight is 433 g/mol. The zero-order valence-corrected chi connectivity index (χ0v) is 17.0. The minimum Gasteiger partial charge on any atom is -0.304 e. The lowest BCUT2D eigenvalue weighted by Crippen LogP contribution is -2.12. The zero-order valence-electron chi connectivity index (χ0n) is 15.5. The fourth-order valence-electron chi connectivity index (χ4n) is 3.46. The van der Waals surface area contributed by atoms with Crippen LogP contribution in [0.3, 0.4) is 0 Å². The Labute approximate surface area is 181 Å². The van der Waals surface area contributed by atoms with Crippen LogP contribution in [0, 0.1) is 0 Å². The van der Waals surface area contributed by atoms with Crippen molar-refractivity contribution in [1.82, 2.24) is 19.4 Å². The molecule has 0 fully saturated rings. The van der Waals surface area contributed by atoms with E-state index in [0.717, 1.165) is 16.8 Å². The number of aromatic nitrogens is 4. The number of fused-ring (bicyclic) bond motifs is 1. The number of aromatic amines is 1. The van der Waals surface area contributed by atoms with Gasteiger partial charge < -0.3 is 4.98 Å². The van der Waals surface area contributed by atoms with E-state index in [2.05, 4.69) is 9.97 Å². The molecule has 0 bridgehead atoms. The number of H-pyrrole nitrogens is 1. The van der Waals surface area contributed by atoms with Gasteiger partial charge in [-0.2, -0.15) is 4.98 Å². The van der Waals surface area contributed by atoms with E-state index in [4.69, 9.17) is 28.2 Å². The van der Waals surface area contributed by atoms with Crippen molar-refractivity contribution < 1.29 is 0 Å². The molecule has 0 saturated heterocycles. The Hall–Kier alpha value is -3.41. The molecule has 7 heteroatoms. The lowest BCUT2D eigenvalue weighted by atomic mass is 10.1. The van der Waals surface area contributed by atoms with Gasteiger partial charge in [0.15, 0.2) is 0 Å². The molecule has 3 heterocycles. The maximum Gasteiger partial charge on any atom is 0.346 e. The molecule has 0 spiro atoms. The Morgan fingerprint density at radius 1 is 0.867 bits per heavy atom. The van der Waals surface area contributed by atoms with Crippen LogP contribution in [0.5, 0.6) is 0 Å². The van der Waals surface area contributed by atoms with Crippen LogP contribution in [0.15, 0.2) is 83.8 Å². The summed E-state index contributed by atoms with van der Waals surface area (Å²) >= 11 is 12.6. The Balaban J connectivity index is 1.81. The SMILES string of the molecule is O=c1nc(-c2ccccc2)cc(-c2c(-c3ccc(Cl)cc3Cl)nc3ccccn23)[nH]1. The summed E-state index contributed by atoms with van der Waals surface area (Å²) in [5, 5.41) is 1.02. The van der Waals surface area contributed by atoms with Gasteiger partial charge in [0, 0.05) is 22.3 Å². The van der Waals surface area contributed by atoms with Crippen LogP contribution in [0.2, 0.25) is 10.0 Å². The molecule has 30 heavy (non-hydrogen) atoms. The highest BCUT2D eigenvalue weighted by Gasteiger charge is 2.19. The van der Waals surface area contributed by atoms with E-state index in [-0.39, 0.29) is 0 Å². The van der Waals surface area contributed by atoms with Gasteiger partial charge in [0.05, 0.1) is 22.1 Å². The highest BCUT2D eigenvalue weighted by Crippen LogP contribution is 2.37. The van der Waals surface area contributed by atoms with Crippen LogP contribution in [0.1, 0.15) is 0 Å². The summed E-state index contributed by atoms with van der Waals surface area (Å²) < 4.78 is 1.92. The quantitative estimate of drug-likeness (QED) is 0.396. The molecule has 5 rings (SSSR count). The van der Waals surface area contributed by atoms with Crippen molar-refractivity contribution in [1.29, 1.82) is 0 Å². The molecule has 0 aliphatic rings. The normalized spacial score (nSPS) is 11.1. The van der Waals surface area contributed by atoms with Gasteiger partial charge in [0.1, 0.15) is 11.3 Å². The molecular weight excluding hydrogens is 419 g/mol. The molecule has 0 aliphatic heterocycles. The predicted octanol–water partition coefficient (Wildman–Crippen LogP) is 5.73. The number of nitrogens with one attached hydrogen (secondary N) is 1. The second-order valence-corrected chi connectivity index (χ2v) is 7.56. The summed E-state index contributed by atoms with van der Waals surface area (Å²) in [7, 11) is 0. The molecule has 0 amide bonds. The van der Waals surface area contributed by atoms with Crippen LogP contribution in [0.4, 0.5) is 0 Å². The minimum absolute atomic E-state index is 0.439. The number of pyridine rings is 1. The first-order valence-corrected chi connectivity index (χ1v) is 9.95. The summed E-state index contributed by atoms with van der Waals surface area (Å²) in [5.41, 5.74) is 4.39. The van der Waals surface area contributed by atoms with Crippen molar-refractivity contribution in [2.24, 2.45) is 0 Å². The van der Waals surface area contributed by atoms with E-state index >= 15 is 0 Å². The van der Waals surface area contributed by atoms with Crippen LogP contribution >= 0.6 is 23.2 Å². The van der Waals surface area contributed by atoms with Gasteiger partial charge in [-0.3, -0.25) is 4.40 Å². The summed E-state index contributed by atoms with van der Waals surface area (Å²) in [6, 6.07) is 22.4. The lowest BCUT2D eigenvalue weighted by Gasteiger charge is -2.09. The second kappa shape index (κ2) is 7.44. The van der Waals surface area contributed by atoms with Crippen molar-refractivity contribution in [3.05, 3.63) is 99.5 Å². The van der Waals surface area contributed by atoms with E-state index in [1.807, 2.05) is 71.3 Å². The predicted molar refractivity (Wildman–Crippen MR) is 120 cm³/mol. The fraction of sp³-hybridized carbons (Fsp3) is 0. The number of benzene rings is 2. The fourth-order valence-corrected chi connectivity index (χ4v) is 3.96. The van der Waals surface area contributed by atoms with Crippen molar-refractivity contribution in [2.75, 3.05) is 0 Å². The number of imidazole rings is 1. The molecule has 0 radical (unpaired) electrons. The van der Waals surface area contributed by atoms with E-state index < -0.39 is 5.69 Å². The van der Waals surface area contributed by atoms with Gasteiger partial charge in [0.2, 0.25) is 0 Å². The molecule has 5 nitrogen and oxygen atoms in total. The summed E-state index contributed by atoms with van der Waals surface area (Å²) in [6.45, 7) is 0. The van der Waals surface area contributed by atoms with Gasteiger partial charge in [-0.15, -0.1) is 0 Å². The molecular formula is C23H14Cl2N4O. The number of hydrogen-bond donors (Lipinski definition) is 1. The molecule has 5 aromatic rings. The van der Waals surface area contributed by atoms with Crippen LogP contribution in [-0.4, -0.2) is 19.4 Å². The maximum atomic E-state index is 12.4. The minimum atomic E-state index is -0.439. The molecule has 0 aliphatic carbocycles. The Bertz CT molecular complexity index is 1440. The third-order valence-corrected chi connectivity index (χ3v) is 5.33. The first kappa shape index (κ1) is 18.6. The number of nitrogens with zero attached hydrogens (tertiary/aromatic N) is 3. The van der Waals surface area contributed by atoms with E-state index in [9.17, 15) is 4.79 Å². The number of rotatable bonds is 3. The average Bonchev–Trinajstić information content (AvgIpc) is 3.13. The van der Waals surface area contributed by atoms with Gasteiger partial charge in [-0.1, -0.05) is 59.6 Å². The van der Waals surface area contributed by atoms with Crippen molar-refractivity contribution in [3.63, 3.8) is 0 Å². The topological polar surface area (TPSA) is 63.1 Å². The number of hydrogen-bond acceptors (Lipinski definition) is 3. The smallest absolute Gasteiger partial charge is 0.304 e. The zero-order chi connectivity index (χ0) is 20.7. The van der Waals surface area contributed by atoms with E-state index in [1.165, 1.54) is 0 Å². The summed E-state index contributed by atoms with van der Waals surface area (Å²) in [4.78, 5) is 24.2. The first-order valence-electron chi connectivity index (χ1n) is 9.20. The summed E-state index contributed by atoms with van der Waals surface area (Å²) in [5.74, 6) is 0. The van der Waals surface area contributed by atoms with E-state index in [0.29, 0.717) is 32.8 Å². The third-order valence-electron chi connectivity index (χ3n) is 4.79. The highest BCUT2D eigenvalue weighted by molar-refractivity contribution is 6.36. The Morgan fingerprint density at radius 2 is 1.67 bits per heavy atom. The van der Waals surface area contributed by atoms with Gasteiger partial charge >= 0.3 is 5.69 Å². The van der Waals surface area contributed by atoms with Crippen LogP contribution in [-0.2, 0) is 0 Å². The van der Waals surface area contributed by atoms with Crippen LogP contribution < -0.4 is 5.69 Å². The number of halogens is 2. The van der Waals surface area contributed by atoms with Crippen molar-refractivity contribution >= 4 is 28.8 Å². The third kappa shape index (κ3) is 3.28. The molecule has 2 aromatic carbocycles. The van der Waals surface area contributed by atoms with Gasteiger partial charge in [0.25, 0.3) is 0 Å². The monoisotopic (exact) mass is 432 g/mol. The molecule has 1 N–H and O–H groups in total. The van der Waals surface area contributed by atoms with Gasteiger partial charge in [-0.05, 0) is 36.4 Å². The standard InChI is InChI=1S/C23H14Cl2N4O/c24-15-9-10-16(17(25)12-15)21-22(29-11-5-4-8-20(29)28-21)19-13-18(26-23(30)27-19)14-6-2-1-3-7-14/h1-13H,(H,26,27,30). The first-order chi connectivity index (χ1) is 14.6. The molecule has 0 unspecified atom stereocenters.